The summed E-state index contributed by atoms with van der Waals surface area (Å²) in [6.45, 7) is 2.77. The summed E-state index contributed by atoms with van der Waals surface area (Å²) < 4.78 is 4.61. The molecule has 0 aliphatic heterocycles. The van der Waals surface area contributed by atoms with Gasteiger partial charge in [0.15, 0.2) is 0 Å². The van der Waals surface area contributed by atoms with Crippen molar-refractivity contribution in [2.24, 2.45) is 0 Å². The lowest BCUT2D eigenvalue weighted by Gasteiger charge is -2.00. The molecule has 19 heavy (non-hydrogen) atoms. The molecule has 0 aromatic heterocycles. The van der Waals surface area contributed by atoms with Crippen LogP contribution in [0.3, 0.4) is 0 Å². The molecule has 102 valence electrons. The first-order valence-electron chi connectivity index (χ1n) is 6.31. The van der Waals surface area contributed by atoms with Crippen LogP contribution in [0.25, 0.3) is 6.08 Å². The number of amides is 1. The molecule has 1 amide bonds. The van der Waals surface area contributed by atoms with Crippen molar-refractivity contribution < 1.29 is 14.3 Å². The molecule has 0 spiro atoms. The number of ether oxygens (including phenoxy) is 1. The van der Waals surface area contributed by atoms with Gasteiger partial charge in [-0.05, 0) is 30.2 Å². The second-order valence-electron chi connectivity index (χ2n) is 4.09. The largest absolute Gasteiger partial charge is 0.465 e. The maximum absolute atomic E-state index is 11.4. The number of carbonyl (C=O) groups is 2. The zero-order valence-electron chi connectivity index (χ0n) is 11.3. The van der Waals surface area contributed by atoms with Gasteiger partial charge >= 0.3 is 5.97 Å². The van der Waals surface area contributed by atoms with E-state index in [1.54, 1.807) is 30.3 Å². The number of benzene rings is 1. The molecule has 1 rings (SSSR count). The van der Waals surface area contributed by atoms with E-state index in [2.05, 4.69) is 17.0 Å². The second kappa shape index (κ2) is 8.08. The van der Waals surface area contributed by atoms with E-state index < -0.39 is 0 Å². The molecule has 1 N–H and O–H groups in total. The van der Waals surface area contributed by atoms with E-state index >= 15 is 0 Å². The van der Waals surface area contributed by atoms with Gasteiger partial charge in [-0.3, -0.25) is 4.79 Å². The lowest BCUT2D eigenvalue weighted by molar-refractivity contribution is -0.116. The van der Waals surface area contributed by atoms with Gasteiger partial charge in [-0.2, -0.15) is 0 Å². The van der Waals surface area contributed by atoms with Crippen LogP contribution in [0.2, 0.25) is 0 Å². The van der Waals surface area contributed by atoms with Crippen LogP contribution in [-0.2, 0) is 9.53 Å². The topological polar surface area (TPSA) is 55.4 Å². The molecular formula is C15H19NO3. The third-order valence-corrected chi connectivity index (χ3v) is 2.59. The molecule has 1 aromatic rings. The molecule has 0 unspecified atom stereocenters. The van der Waals surface area contributed by atoms with Gasteiger partial charge in [0.05, 0.1) is 12.7 Å². The minimum Gasteiger partial charge on any atom is -0.465 e. The fraction of sp³-hybridized carbons (Fsp3) is 0.333. The highest BCUT2D eigenvalue weighted by Crippen LogP contribution is 2.07. The number of hydrogen-bond donors (Lipinski definition) is 1. The molecule has 0 radical (unpaired) electrons. The number of esters is 1. The van der Waals surface area contributed by atoms with Crippen LogP contribution in [0, 0.1) is 0 Å². The molecule has 1 aromatic carbocycles. The summed E-state index contributed by atoms with van der Waals surface area (Å²) in [7, 11) is 1.34. The molecule has 0 heterocycles. The highest BCUT2D eigenvalue weighted by molar-refractivity contribution is 5.92. The van der Waals surface area contributed by atoms with Crippen molar-refractivity contribution in [3.05, 3.63) is 41.5 Å². The molecule has 0 aliphatic rings. The van der Waals surface area contributed by atoms with E-state index in [0.717, 1.165) is 18.4 Å². The van der Waals surface area contributed by atoms with Crippen molar-refractivity contribution >= 4 is 18.0 Å². The average Bonchev–Trinajstić information content (AvgIpc) is 2.45. The van der Waals surface area contributed by atoms with E-state index in [-0.39, 0.29) is 11.9 Å². The molecule has 0 saturated carbocycles. The van der Waals surface area contributed by atoms with E-state index in [1.807, 2.05) is 0 Å². The fourth-order valence-corrected chi connectivity index (χ4v) is 1.47. The molecule has 0 fully saturated rings. The van der Waals surface area contributed by atoms with Gasteiger partial charge in [0, 0.05) is 12.6 Å². The molecule has 0 saturated heterocycles. The maximum Gasteiger partial charge on any atom is 0.337 e. The minimum absolute atomic E-state index is 0.106. The van der Waals surface area contributed by atoms with Crippen LogP contribution in [0.5, 0.6) is 0 Å². The fourth-order valence-electron chi connectivity index (χ4n) is 1.47. The quantitative estimate of drug-likeness (QED) is 0.486. The first-order chi connectivity index (χ1) is 9.17. The first kappa shape index (κ1) is 15.0. The predicted octanol–water partition coefficient (Wildman–Crippen LogP) is 2.40. The summed E-state index contributed by atoms with van der Waals surface area (Å²) in [4.78, 5) is 22.7. The predicted molar refractivity (Wildman–Crippen MR) is 74.7 cm³/mol. The van der Waals surface area contributed by atoms with Gasteiger partial charge in [-0.25, -0.2) is 4.79 Å². The van der Waals surface area contributed by atoms with Crippen LogP contribution in [0.4, 0.5) is 0 Å². The normalized spacial score (nSPS) is 10.4. The van der Waals surface area contributed by atoms with Gasteiger partial charge in [-0.1, -0.05) is 25.5 Å². The number of nitrogens with one attached hydrogen (secondary N) is 1. The Hall–Kier alpha value is -2.10. The standard InChI is InChI=1S/C15H19NO3/c1-3-4-11-16-14(17)10-7-12-5-8-13(9-6-12)15(18)19-2/h5-10H,3-4,11H2,1-2H3,(H,16,17). The van der Waals surface area contributed by atoms with Crippen LogP contribution < -0.4 is 5.32 Å². The third kappa shape index (κ3) is 5.38. The summed E-state index contributed by atoms with van der Waals surface area (Å²) in [5.74, 6) is -0.474. The Morgan fingerprint density at radius 3 is 2.53 bits per heavy atom. The Labute approximate surface area is 113 Å². The van der Waals surface area contributed by atoms with Crippen LogP contribution >= 0.6 is 0 Å². The molecule has 4 heteroatoms. The Balaban J connectivity index is 2.53. The molecule has 0 bridgehead atoms. The monoisotopic (exact) mass is 261 g/mol. The Morgan fingerprint density at radius 2 is 1.95 bits per heavy atom. The van der Waals surface area contributed by atoms with Gasteiger partial charge < -0.3 is 10.1 Å². The summed E-state index contributed by atoms with van der Waals surface area (Å²) >= 11 is 0. The third-order valence-electron chi connectivity index (χ3n) is 2.59. The number of methoxy groups -OCH3 is 1. The van der Waals surface area contributed by atoms with E-state index in [0.29, 0.717) is 12.1 Å². The van der Waals surface area contributed by atoms with Crippen LogP contribution in [0.1, 0.15) is 35.7 Å². The minimum atomic E-state index is -0.368. The number of hydrogen-bond acceptors (Lipinski definition) is 3. The average molecular weight is 261 g/mol. The Bertz CT molecular complexity index is 449. The maximum atomic E-state index is 11.4. The Morgan fingerprint density at radius 1 is 1.26 bits per heavy atom. The molecular weight excluding hydrogens is 242 g/mol. The van der Waals surface area contributed by atoms with Crippen molar-refractivity contribution in [3.63, 3.8) is 0 Å². The van der Waals surface area contributed by atoms with Crippen molar-refractivity contribution in [1.82, 2.24) is 5.32 Å². The van der Waals surface area contributed by atoms with Crippen molar-refractivity contribution in [3.8, 4) is 0 Å². The molecule has 0 aliphatic carbocycles. The summed E-state index contributed by atoms with van der Waals surface area (Å²) in [5.41, 5.74) is 1.35. The Kier molecular flexibility index (Phi) is 6.36. The SMILES string of the molecule is CCCCNC(=O)C=Cc1ccc(C(=O)OC)cc1. The lowest BCUT2D eigenvalue weighted by atomic mass is 10.1. The van der Waals surface area contributed by atoms with Crippen molar-refractivity contribution in [2.75, 3.05) is 13.7 Å². The zero-order chi connectivity index (χ0) is 14.1. The summed E-state index contributed by atoms with van der Waals surface area (Å²) in [5, 5.41) is 2.79. The van der Waals surface area contributed by atoms with E-state index in [9.17, 15) is 9.59 Å². The lowest BCUT2D eigenvalue weighted by Crippen LogP contribution is -2.21. The molecule has 4 nitrogen and oxygen atoms in total. The van der Waals surface area contributed by atoms with Crippen LogP contribution in [0.15, 0.2) is 30.3 Å². The van der Waals surface area contributed by atoms with E-state index in [1.165, 1.54) is 13.2 Å². The first-order valence-corrected chi connectivity index (χ1v) is 6.31. The van der Waals surface area contributed by atoms with Gasteiger partial charge in [0.1, 0.15) is 0 Å². The highest BCUT2D eigenvalue weighted by Gasteiger charge is 2.03. The van der Waals surface area contributed by atoms with Gasteiger partial charge in [0.2, 0.25) is 5.91 Å². The van der Waals surface area contributed by atoms with Crippen molar-refractivity contribution in [1.29, 1.82) is 0 Å². The summed E-state index contributed by atoms with van der Waals surface area (Å²) in [6, 6.07) is 6.87. The van der Waals surface area contributed by atoms with Crippen LogP contribution in [-0.4, -0.2) is 25.5 Å². The number of carbonyl (C=O) groups excluding carboxylic acids is 2. The summed E-state index contributed by atoms with van der Waals surface area (Å²) in [6.07, 6.45) is 5.23. The second-order valence-corrected chi connectivity index (χ2v) is 4.09. The smallest absolute Gasteiger partial charge is 0.337 e. The van der Waals surface area contributed by atoms with E-state index in [4.69, 9.17) is 0 Å². The zero-order valence-corrected chi connectivity index (χ0v) is 11.3. The van der Waals surface area contributed by atoms with Gasteiger partial charge in [0.25, 0.3) is 0 Å². The molecule has 0 atom stereocenters. The van der Waals surface area contributed by atoms with Gasteiger partial charge in [-0.15, -0.1) is 0 Å². The van der Waals surface area contributed by atoms with Crippen molar-refractivity contribution in [2.45, 2.75) is 19.8 Å². The number of unbranched alkanes of at least 4 members (excludes halogenated alkanes) is 1. The highest BCUT2D eigenvalue weighted by atomic mass is 16.5. The number of rotatable bonds is 6.